The Morgan fingerprint density at radius 3 is 1.76 bits per heavy atom. The van der Waals surface area contributed by atoms with Gasteiger partial charge < -0.3 is 15.8 Å². The fraction of sp³-hybridized carbons (Fsp3) is 0.938. The van der Waals surface area contributed by atoms with Gasteiger partial charge in [-0.05, 0) is 40.2 Å². The first-order valence-corrected chi connectivity index (χ1v) is 8.12. The Labute approximate surface area is 137 Å². The summed E-state index contributed by atoms with van der Waals surface area (Å²) in [6, 6.07) is 0. The third kappa shape index (κ3) is 19.5. The maximum Gasteiger partial charge on any atom is 0.407 e. The van der Waals surface area contributed by atoms with E-state index in [1.165, 1.54) is 44.9 Å². The number of carbonyl (C=O) groups excluding carboxylic acids is 1. The molecule has 0 fully saturated rings. The predicted octanol–water partition coefficient (Wildman–Crippen LogP) is 4.40. The van der Waals surface area contributed by atoms with Gasteiger partial charge in [0.15, 0.2) is 0 Å². The molecule has 0 atom stereocenters. The molecule has 21 heavy (non-hydrogen) atoms. The van der Waals surface area contributed by atoms with Crippen molar-refractivity contribution in [2.24, 2.45) is 5.73 Å². The summed E-state index contributed by atoms with van der Waals surface area (Å²) in [5.74, 6) is 0. The summed E-state index contributed by atoms with van der Waals surface area (Å²) in [4.78, 5) is 11.4. The number of halogens is 1. The van der Waals surface area contributed by atoms with E-state index in [1.54, 1.807) is 0 Å². The molecule has 4 nitrogen and oxygen atoms in total. The second-order valence-corrected chi connectivity index (χ2v) is 6.40. The molecule has 0 aromatic heterocycles. The van der Waals surface area contributed by atoms with Crippen LogP contribution in [-0.4, -0.2) is 24.8 Å². The molecule has 0 rings (SSSR count). The lowest BCUT2D eigenvalue weighted by molar-refractivity contribution is 0.0527. The first kappa shape index (κ1) is 22.8. The van der Waals surface area contributed by atoms with E-state index in [2.05, 4.69) is 5.32 Å². The molecule has 128 valence electrons. The van der Waals surface area contributed by atoms with Gasteiger partial charge in [0, 0.05) is 6.54 Å². The highest BCUT2D eigenvalue weighted by molar-refractivity contribution is 5.85. The van der Waals surface area contributed by atoms with Gasteiger partial charge in [0.2, 0.25) is 0 Å². The Kier molecular flexibility index (Phi) is 15.7. The normalized spacial score (nSPS) is 10.9. The van der Waals surface area contributed by atoms with Crippen LogP contribution in [0.2, 0.25) is 0 Å². The molecule has 0 unspecified atom stereocenters. The van der Waals surface area contributed by atoms with E-state index in [4.69, 9.17) is 10.5 Å². The van der Waals surface area contributed by atoms with Crippen LogP contribution < -0.4 is 11.1 Å². The summed E-state index contributed by atoms with van der Waals surface area (Å²) in [5, 5.41) is 2.79. The minimum atomic E-state index is -0.409. The Balaban J connectivity index is 0. The molecule has 0 aliphatic heterocycles. The van der Waals surface area contributed by atoms with E-state index < -0.39 is 5.60 Å². The molecule has 0 spiro atoms. The molecule has 0 saturated heterocycles. The second kappa shape index (κ2) is 14.5. The van der Waals surface area contributed by atoms with Gasteiger partial charge in [-0.2, -0.15) is 0 Å². The third-order valence-electron chi connectivity index (χ3n) is 3.05. The molecule has 0 aliphatic carbocycles. The van der Waals surface area contributed by atoms with Crippen LogP contribution in [0.5, 0.6) is 0 Å². The smallest absolute Gasteiger partial charge is 0.407 e. The van der Waals surface area contributed by atoms with E-state index in [9.17, 15) is 4.79 Å². The van der Waals surface area contributed by atoms with Gasteiger partial charge in [0.1, 0.15) is 5.60 Å². The van der Waals surface area contributed by atoms with E-state index >= 15 is 0 Å². The SMILES string of the molecule is CC(C)(C)OC(=O)NCCCCCCCCCCCN.Cl. The number of ether oxygens (including phenoxy) is 1. The van der Waals surface area contributed by atoms with Gasteiger partial charge in [-0.3, -0.25) is 0 Å². The number of amides is 1. The molecule has 0 aliphatic rings. The summed E-state index contributed by atoms with van der Waals surface area (Å²) < 4.78 is 5.17. The molecule has 5 heteroatoms. The average Bonchev–Trinajstić information content (AvgIpc) is 2.34. The van der Waals surface area contributed by atoms with E-state index in [1.807, 2.05) is 20.8 Å². The topological polar surface area (TPSA) is 64.3 Å². The Morgan fingerprint density at radius 1 is 0.905 bits per heavy atom. The minimum Gasteiger partial charge on any atom is -0.444 e. The number of nitrogens with one attached hydrogen (secondary N) is 1. The number of alkyl carbamates (subject to hydrolysis) is 1. The molecule has 0 aromatic carbocycles. The van der Waals surface area contributed by atoms with Crippen molar-refractivity contribution >= 4 is 18.5 Å². The average molecular weight is 323 g/mol. The second-order valence-electron chi connectivity index (χ2n) is 6.40. The van der Waals surface area contributed by atoms with Crippen LogP contribution in [0.15, 0.2) is 0 Å². The Hall–Kier alpha value is -0.480. The molecule has 3 N–H and O–H groups in total. The minimum absolute atomic E-state index is 0. The predicted molar refractivity (Wildman–Crippen MR) is 92.1 cm³/mol. The zero-order chi connectivity index (χ0) is 15.3. The van der Waals surface area contributed by atoms with Crippen molar-refractivity contribution in [1.29, 1.82) is 0 Å². The molecule has 0 saturated carbocycles. The number of hydrogen-bond acceptors (Lipinski definition) is 3. The summed E-state index contributed by atoms with van der Waals surface area (Å²) in [6.45, 7) is 7.16. The molecule has 0 bridgehead atoms. The number of nitrogens with two attached hydrogens (primary N) is 1. The first-order valence-electron chi connectivity index (χ1n) is 8.12. The van der Waals surface area contributed by atoms with Crippen molar-refractivity contribution in [2.45, 2.75) is 84.2 Å². The zero-order valence-electron chi connectivity index (χ0n) is 14.1. The summed E-state index contributed by atoms with van der Waals surface area (Å²) in [5.41, 5.74) is 5.04. The van der Waals surface area contributed by atoms with Crippen LogP contribution in [0.3, 0.4) is 0 Å². The first-order chi connectivity index (χ1) is 9.45. The zero-order valence-corrected chi connectivity index (χ0v) is 14.9. The van der Waals surface area contributed by atoms with Crippen molar-refractivity contribution in [1.82, 2.24) is 5.32 Å². The summed E-state index contributed by atoms with van der Waals surface area (Å²) in [6.07, 6.45) is 10.9. The lowest BCUT2D eigenvalue weighted by Gasteiger charge is -2.19. The van der Waals surface area contributed by atoms with Crippen LogP contribution in [0.1, 0.15) is 78.6 Å². The summed E-state index contributed by atoms with van der Waals surface area (Å²) in [7, 11) is 0. The van der Waals surface area contributed by atoms with Crippen LogP contribution in [0.4, 0.5) is 4.79 Å². The molecule has 0 aromatic rings. The number of rotatable bonds is 11. The van der Waals surface area contributed by atoms with Crippen molar-refractivity contribution in [2.75, 3.05) is 13.1 Å². The standard InChI is InChI=1S/C16H34N2O2.ClH/c1-16(2,3)20-15(19)18-14-12-10-8-6-4-5-7-9-11-13-17;/h4-14,17H2,1-3H3,(H,18,19);1H. The van der Waals surface area contributed by atoms with Gasteiger partial charge in [0.25, 0.3) is 0 Å². The van der Waals surface area contributed by atoms with Crippen molar-refractivity contribution < 1.29 is 9.53 Å². The van der Waals surface area contributed by atoms with E-state index in [0.717, 1.165) is 19.4 Å². The lowest BCUT2D eigenvalue weighted by Crippen LogP contribution is -2.32. The molecule has 0 heterocycles. The van der Waals surface area contributed by atoms with E-state index in [0.29, 0.717) is 6.54 Å². The third-order valence-corrected chi connectivity index (χ3v) is 3.05. The molecular weight excluding hydrogens is 288 g/mol. The molecular formula is C16H35ClN2O2. The molecule has 0 radical (unpaired) electrons. The van der Waals surface area contributed by atoms with Crippen LogP contribution in [-0.2, 0) is 4.74 Å². The maximum absolute atomic E-state index is 11.4. The fourth-order valence-corrected chi connectivity index (χ4v) is 2.01. The van der Waals surface area contributed by atoms with Gasteiger partial charge >= 0.3 is 6.09 Å². The molecule has 1 amide bonds. The highest BCUT2D eigenvalue weighted by Crippen LogP contribution is 2.09. The fourth-order valence-electron chi connectivity index (χ4n) is 2.01. The Bertz CT molecular complexity index is 243. The van der Waals surface area contributed by atoms with Gasteiger partial charge in [-0.25, -0.2) is 4.79 Å². The van der Waals surface area contributed by atoms with Crippen molar-refractivity contribution in [3.05, 3.63) is 0 Å². The highest BCUT2D eigenvalue weighted by Gasteiger charge is 2.15. The Morgan fingerprint density at radius 2 is 1.33 bits per heavy atom. The lowest BCUT2D eigenvalue weighted by atomic mass is 10.1. The van der Waals surface area contributed by atoms with Crippen molar-refractivity contribution in [3.8, 4) is 0 Å². The highest BCUT2D eigenvalue weighted by atomic mass is 35.5. The van der Waals surface area contributed by atoms with Crippen LogP contribution >= 0.6 is 12.4 Å². The number of hydrogen-bond donors (Lipinski definition) is 2. The number of unbranched alkanes of at least 4 members (excludes halogenated alkanes) is 8. The maximum atomic E-state index is 11.4. The largest absolute Gasteiger partial charge is 0.444 e. The van der Waals surface area contributed by atoms with E-state index in [-0.39, 0.29) is 18.5 Å². The van der Waals surface area contributed by atoms with Gasteiger partial charge in [-0.1, -0.05) is 44.9 Å². The summed E-state index contributed by atoms with van der Waals surface area (Å²) >= 11 is 0. The quantitative estimate of drug-likeness (QED) is 0.554. The van der Waals surface area contributed by atoms with Gasteiger partial charge in [0.05, 0.1) is 0 Å². The monoisotopic (exact) mass is 322 g/mol. The van der Waals surface area contributed by atoms with Crippen molar-refractivity contribution in [3.63, 3.8) is 0 Å². The van der Waals surface area contributed by atoms with Gasteiger partial charge in [-0.15, -0.1) is 12.4 Å². The number of carbonyl (C=O) groups is 1. The van der Waals surface area contributed by atoms with Crippen LogP contribution in [0.25, 0.3) is 0 Å². The van der Waals surface area contributed by atoms with Crippen LogP contribution in [0, 0.1) is 0 Å².